The van der Waals surface area contributed by atoms with Gasteiger partial charge in [-0.3, -0.25) is 14.5 Å². The van der Waals surface area contributed by atoms with Crippen molar-refractivity contribution in [2.24, 2.45) is 0 Å². The summed E-state index contributed by atoms with van der Waals surface area (Å²) in [5.74, 6) is -0.410. The first kappa shape index (κ1) is 25.6. The van der Waals surface area contributed by atoms with Crippen LogP contribution in [0.5, 0.6) is 0 Å². The highest BCUT2D eigenvalue weighted by atomic mass is 35.5. The van der Waals surface area contributed by atoms with E-state index >= 15 is 0 Å². The quantitative estimate of drug-likeness (QED) is 0.419. The molecule has 3 aliphatic rings. The van der Waals surface area contributed by atoms with Crippen molar-refractivity contribution in [3.63, 3.8) is 0 Å². The van der Waals surface area contributed by atoms with Crippen molar-refractivity contribution in [3.8, 4) is 0 Å². The second-order valence-corrected chi connectivity index (χ2v) is 13.0. The Morgan fingerprint density at radius 1 is 1.17 bits per heavy atom. The standard InChI is InChI=1S/C24H30ClN5O4S2/c25-21-9-8-20-19(26-21)14-23(35-20)36(33,34)27-18-7-5-12-29(24(18)32)16-22(31)30-13-4-6-17(30)15-28-10-2-1-3-11-28/h1-2,8-9,14,17-18,27H,3-7,10-13,15-16H2. The summed E-state index contributed by atoms with van der Waals surface area (Å²) < 4.78 is 29.5. The fourth-order valence-electron chi connectivity index (χ4n) is 5.22. The second-order valence-electron chi connectivity index (χ2n) is 9.56. The number of aromatic nitrogens is 1. The zero-order valence-electron chi connectivity index (χ0n) is 19.9. The summed E-state index contributed by atoms with van der Waals surface area (Å²) in [4.78, 5) is 36.3. The van der Waals surface area contributed by atoms with Crippen LogP contribution in [0.3, 0.4) is 0 Å². The second kappa shape index (κ2) is 10.7. The molecule has 2 aromatic rings. The van der Waals surface area contributed by atoms with Crippen LogP contribution in [0.4, 0.5) is 0 Å². The van der Waals surface area contributed by atoms with E-state index in [9.17, 15) is 18.0 Å². The molecule has 2 amide bonds. The maximum Gasteiger partial charge on any atom is 0.250 e. The van der Waals surface area contributed by atoms with Gasteiger partial charge in [-0.05, 0) is 50.3 Å². The predicted molar refractivity (Wildman–Crippen MR) is 139 cm³/mol. The van der Waals surface area contributed by atoms with E-state index in [2.05, 4.69) is 26.8 Å². The Morgan fingerprint density at radius 2 is 2.00 bits per heavy atom. The molecule has 5 rings (SSSR count). The molecular weight excluding hydrogens is 522 g/mol. The lowest BCUT2D eigenvalue weighted by Crippen LogP contribution is -2.55. The third-order valence-corrected chi connectivity index (χ3v) is 10.3. The van der Waals surface area contributed by atoms with Gasteiger partial charge in [0.05, 0.1) is 16.8 Å². The van der Waals surface area contributed by atoms with E-state index in [1.807, 2.05) is 4.90 Å². The van der Waals surface area contributed by atoms with E-state index in [4.69, 9.17) is 11.6 Å². The highest BCUT2D eigenvalue weighted by Gasteiger charge is 2.36. The van der Waals surface area contributed by atoms with Gasteiger partial charge in [-0.25, -0.2) is 13.4 Å². The molecule has 0 radical (unpaired) electrons. The van der Waals surface area contributed by atoms with Crippen molar-refractivity contribution in [2.45, 2.75) is 48.4 Å². The minimum absolute atomic E-state index is 0.0151. The normalized spacial score (nSPS) is 23.6. The first-order valence-electron chi connectivity index (χ1n) is 12.3. The Bertz CT molecular complexity index is 1280. The zero-order chi connectivity index (χ0) is 25.3. The average Bonchev–Trinajstić information content (AvgIpc) is 3.49. The summed E-state index contributed by atoms with van der Waals surface area (Å²) in [6.07, 6.45) is 8.35. The lowest BCUT2D eigenvalue weighted by Gasteiger charge is -2.35. The molecule has 0 spiro atoms. The van der Waals surface area contributed by atoms with E-state index < -0.39 is 16.1 Å². The number of rotatable bonds is 7. The van der Waals surface area contributed by atoms with E-state index in [0.29, 0.717) is 36.1 Å². The van der Waals surface area contributed by atoms with E-state index in [1.54, 1.807) is 12.1 Å². The number of carbonyl (C=O) groups is 2. The van der Waals surface area contributed by atoms with Gasteiger partial charge in [0.15, 0.2) is 0 Å². The number of thiophene rings is 1. The lowest BCUT2D eigenvalue weighted by atomic mass is 10.1. The number of likely N-dealkylation sites (tertiary alicyclic amines) is 2. The molecule has 2 atom stereocenters. The molecule has 12 heteroatoms. The smallest absolute Gasteiger partial charge is 0.250 e. The highest BCUT2D eigenvalue weighted by Crippen LogP contribution is 2.29. The Balaban J connectivity index is 1.22. The first-order valence-corrected chi connectivity index (χ1v) is 15.0. The lowest BCUT2D eigenvalue weighted by molar-refractivity contribution is -0.143. The number of pyridine rings is 1. The van der Waals surface area contributed by atoms with Gasteiger partial charge in [0, 0.05) is 38.8 Å². The number of hydrogen-bond donors (Lipinski definition) is 1. The molecule has 2 aromatic heterocycles. The summed E-state index contributed by atoms with van der Waals surface area (Å²) in [5.41, 5.74) is 0.496. The van der Waals surface area contributed by atoms with E-state index in [1.165, 1.54) is 11.0 Å². The number of fused-ring (bicyclic) bond motifs is 1. The molecular formula is C24H30ClN5O4S2. The molecule has 0 saturated carbocycles. The number of hydrogen-bond acceptors (Lipinski definition) is 7. The maximum absolute atomic E-state index is 13.2. The molecule has 36 heavy (non-hydrogen) atoms. The molecule has 3 aliphatic heterocycles. The molecule has 0 bridgehead atoms. The first-order chi connectivity index (χ1) is 17.3. The van der Waals surface area contributed by atoms with Gasteiger partial charge < -0.3 is 9.80 Å². The van der Waals surface area contributed by atoms with Crippen LogP contribution in [0.2, 0.25) is 5.15 Å². The topological polar surface area (TPSA) is 103 Å². The Labute approximate surface area is 220 Å². The zero-order valence-corrected chi connectivity index (χ0v) is 22.3. The van der Waals surface area contributed by atoms with Crippen molar-refractivity contribution in [1.29, 1.82) is 0 Å². The predicted octanol–water partition coefficient (Wildman–Crippen LogP) is 2.47. The van der Waals surface area contributed by atoms with Crippen LogP contribution in [-0.2, 0) is 19.6 Å². The van der Waals surface area contributed by atoms with Crippen LogP contribution < -0.4 is 4.72 Å². The number of piperidine rings is 1. The van der Waals surface area contributed by atoms with Gasteiger partial charge in [0.25, 0.3) is 10.0 Å². The van der Waals surface area contributed by atoms with Crippen molar-refractivity contribution in [3.05, 3.63) is 35.5 Å². The number of halogens is 1. The fraction of sp³-hybridized carbons (Fsp3) is 0.542. The maximum atomic E-state index is 13.2. The van der Waals surface area contributed by atoms with Crippen molar-refractivity contribution >= 4 is 55.0 Å². The highest BCUT2D eigenvalue weighted by molar-refractivity contribution is 7.91. The fourth-order valence-corrected chi connectivity index (χ4v) is 7.94. The van der Waals surface area contributed by atoms with Gasteiger partial charge in [-0.15, -0.1) is 11.3 Å². The third-order valence-electron chi connectivity index (χ3n) is 7.04. The van der Waals surface area contributed by atoms with Gasteiger partial charge in [-0.2, -0.15) is 4.72 Å². The SMILES string of the molecule is O=C1C(NS(=O)(=O)c2cc3nc(Cl)ccc3s2)CCCN1CC(=O)N1CCCC1CN1CC=CCC1. The van der Waals surface area contributed by atoms with Gasteiger partial charge >= 0.3 is 0 Å². The minimum atomic E-state index is -3.93. The van der Waals surface area contributed by atoms with Gasteiger partial charge in [0.2, 0.25) is 11.8 Å². The Kier molecular flexibility index (Phi) is 7.64. The van der Waals surface area contributed by atoms with Crippen molar-refractivity contribution < 1.29 is 18.0 Å². The molecule has 2 saturated heterocycles. The Hall–Kier alpha value is -2.05. The van der Waals surface area contributed by atoms with Crippen LogP contribution in [0, 0.1) is 0 Å². The largest absolute Gasteiger partial charge is 0.337 e. The van der Waals surface area contributed by atoms with Crippen LogP contribution in [0.1, 0.15) is 32.1 Å². The van der Waals surface area contributed by atoms with Crippen LogP contribution in [0.25, 0.3) is 10.2 Å². The summed E-state index contributed by atoms with van der Waals surface area (Å²) in [7, 11) is -3.93. The van der Waals surface area contributed by atoms with Gasteiger partial charge in [0.1, 0.15) is 15.4 Å². The molecule has 0 aliphatic carbocycles. The molecule has 2 unspecified atom stereocenters. The molecule has 5 heterocycles. The monoisotopic (exact) mass is 551 g/mol. The molecule has 2 fully saturated rings. The van der Waals surface area contributed by atoms with Crippen molar-refractivity contribution in [1.82, 2.24) is 24.4 Å². The molecule has 9 nitrogen and oxygen atoms in total. The number of nitrogens with one attached hydrogen (secondary N) is 1. The van der Waals surface area contributed by atoms with Crippen molar-refractivity contribution in [2.75, 3.05) is 39.3 Å². The summed E-state index contributed by atoms with van der Waals surface area (Å²) in [6, 6.07) is 4.06. The average molecular weight is 552 g/mol. The third kappa shape index (κ3) is 5.60. The Morgan fingerprint density at radius 3 is 2.81 bits per heavy atom. The van der Waals surface area contributed by atoms with Crippen LogP contribution in [0.15, 0.2) is 34.6 Å². The number of nitrogens with zero attached hydrogens (tertiary/aromatic N) is 4. The number of carbonyl (C=O) groups excluding carboxylic acids is 2. The number of amides is 2. The molecule has 0 aromatic carbocycles. The van der Waals surface area contributed by atoms with Crippen LogP contribution >= 0.6 is 22.9 Å². The summed E-state index contributed by atoms with van der Waals surface area (Å²) >= 11 is 7.00. The molecule has 194 valence electrons. The molecule has 1 N–H and O–H groups in total. The van der Waals surface area contributed by atoms with Gasteiger partial charge in [-0.1, -0.05) is 23.8 Å². The van der Waals surface area contributed by atoms with Crippen LogP contribution in [-0.4, -0.2) is 91.3 Å². The van der Waals surface area contributed by atoms with E-state index in [0.717, 1.165) is 50.2 Å². The summed E-state index contributed by atoms with van der Waals surface area (Å²) in [6.45, 7) is 3.90. The minimum Gasteiger partial charge on any atom is -0.337 e. The van der Waals surface area contributed by atoms with E-state index in [-0.39, 0.29) is 33.8 Å². The summed E-state index contributed by atoms with van der Waals surface area (Å²) in [5, 5.41) is 0.285. The number of sulfonamides is 1.